The minimum Gasteiger partial charge on any atom is -0.481 e. The minimum atomic E-state index is -1.25. The average Bonchev–Trinajstić information content (AvgIpc) is 2.57. The maximum Gasteiger partial charge on any atom is 0.344 e. The smallest absolute Gasteiger partial charge is 0.344 e. The van der Waals surface area contributed by atoms with E-state index in [0.717, 1.165) is 23.3 Å². The van der Waals surface area contributed by atoms with Gasteiger partial charge < -0.3 is 14.8 Å². The van der Waals surface area contributed by atoms with E-state index in [4.69, 9.17) is 9.47 Å². The number of halogens is 2. The van der Waals surface area contributed by atoms with Gasteiger partial charge in [-0.3, -0.25) is 4.79 Å². The molecule has 0 saturated carbocycles. The van der Waals surface area contributed by atoms with Gasteiger partial charge in [-0.1, -0.05) is 24.3 Å². The van der Waals surface area contributed by atoms with E-state index in [0.29, 0.717) is 5.75 Å². The van der Waals surface area contributed by atoms with Crippen molar-refractivity contribution in [2.45, 2.75) is 26.9 Å². The lowest BCUT2D eigenvalue weighted by Gasteiger charge is -2.15. The molecule has 0 aromatic heterocycles. The average molecular weight is 363 g/mol. The minimum absolute atomic E-state index is 0.391. The highest BCUT2D eigenvalue weighted by molar-refractivity contribution is 5.95. The zero-order valence-corrected chi connectivity index (χ0v) is 14.6. The van der Waals surface area contributed by atoms with E-state index >= 15 is 0 Å². The third kappa shape index (κ3) is 4.78. The predicted molar refractivity (Wildman–Crippen MR) is 92.0 cm³/mol. The molecule has 1 atom stereocenters. The molecule has 1 N–H and O–H groups in total. The van der Waals surface area contributed by atoms with Gasteiger partial charge in [-0.05, 0) is 44.0 Å². The molecule has 0 bridgehead atoms. The summed E-state index contributed by atoms with van der Waals surface area (Å²) < 4.78 is 37.5. The van der Waals surface area contributed by atoms with E-state index < -0.39 is 41.9 Å². The van der Waals surface area contributed by atoms with E-state index in [1.165, 1.54) is 13.0 Å². The molecular formula is C19H19F2NO4. The van der Waals surface area contributed by atoms with Crippen molar-refractivity contribution in [3.05, 3.63) is 59.2 Å². The largest absolute Gasteiger partial charge is 0.481 e. The van der Waals surface area contributed by atoms with Gasteiger partial charge in [0.2, 0.25) is 0 Å². The van der Waals surface area contributed by atoms with Crippen LogP contribution in [0.5, 0.6) is 5.75 Å². The molecule has 0 aliphatic carbocycles. The summed E-state index contributed by atoms with van der Waals surface area (Å²) in [7, 11) is 0. The van der Waals surface area contributed by atoms with Gasteiger partial charge in [0.25, 0.3) is 5.91 Å². The maximum atomic E-state index is 13.5. The van der Waals surface area contributed by atoms with Crippen LogP contribution in [0, 0.1) is 25.5 Å². The summed E-state index contributed by atoms with van der Waals surface area (Å²) in [4.78, 5) is 23.8. The highest BCUT2D eigenvalue weighted by atomic mass is 19.1. The lowest BCUT2D eigenvalue weighted by Crippen LogP contribution is -2.32. The lowest BCUT2D eigenvalue weighted by molar-refractivity contribution is -0.155. The Kier molecular flexibility index (Phi) is 6.27. The Morgan fingerprint density at radius 1 is 1.04 bits per heavy atom. The first-order valence-corrected chi connectivity index (χ1v) is 7.93. The molecular weight excluding hydrogens is 344 g/mol. The van der Waals surface area contributed by atoms with Crippen molar-refractivity contribution >= 4 is 17.6 Å². The number of ether oxygens (including phenoxy) is 2. The standard InChI is InChI=1S/C19H19F2NO4/c1-11-6-4-7-12(2)18(11)25-10-16(23)26-13(3)19(24)22-17-14(20)8-5-9-15(17)21/h4-9,13H,10H2,1-3H3,(H,22,24). The number of carbonyl (C=O) groups is 2. The van der Waals surface area contributed by atoms with E-state index in [-0.39, 0.29) is 0 Å². The van der Waals surface area contributed by atoms with Crippen LogP contribution in [-0.4, -0.2) is 24.6 Å². The summed E-state index contributed by atoms with van der Waals surface area (Å²) in [5.74, 6) is -2.90. The monoisotopic (exact) mass is 363 g/mol. The van der Waals surface area contributed by atoms with Crippen molar-refractivity contribution < 1.29 is 27.8 Å². The van der Waals surface area contributed by atoms with Crippen LogP contribution in [0.1, 0.15) is 18.1 Å². The van der Waals surface area contributed by atoms with E-state index in [9.17, 15) is 18.4 Å². The molecule has 5 nitrogen and oxygen atoms in total. The van der Waals surface area contributed by atoms with E-state index in [2.05, 4.69) is 5.32 Å². The first-order chi connectivity index (χ1) is 12.3. The highest BCUT2D eigenvalue weighted by Gasteiger charge is 2.21. The van der Waals surface area contributed by atoms with Crippen molar-refractivity contribution in [1.82, 2.24) is 0 Å². The number of para-hydroxylation sites is 2. The number of hydrogen-bond acceptors (Lipinski definition) is 4. The summed E-state index contributed by atoms with van der Waals surface area (Å²) in [6.07, 6.45) is -1.25. The van der Waals surface area contributed by atoms with Crippen molar-refractivity contribution in [1.29, 1.82) is 0 Å². The fourth-order valence-electron chi connectivity index (χ4n) is 2.28. The lowest BCUT2D eigenvalue weighted by atomic mass is 10.1. The number of anilines is 1. The van der Waals surface area contributed by atoms with Gasteiger partial charge in [-0.15, -0.1) is 0 Å². The molecule has 26 heavy (non-hydrogen) atoms. The molecule has 1 unspecified atom stereocenters. The number of nitrogens with one attached hydrogen (secondary N) is 1. The van der Waals surface area contributed by atoms with Crippen LogP contribution < -0.4 is 10.1 Å². The zero-order valence-electron chi connectivity index (χ0n) is 14.6. The third-order valence-electron chi connectivity index (χ3n) is 3.63. The number of benzene rings is 2. The molecule has 0 spiro atoms. The molecule has 2 rings (SSSR count). The Morgan fingerprint density at radius 3 is 2.15 bits per heavy atom. The Hall–Kier alpha value is -2.96. The molecule has 0 aliphatic heterocycles. The van der Waals surface area contributed by atoms with Crippen LogP contribution in [-0.2, 0) is 14.3 Å². The summed E-state index contributed by atoms with van der Waals surface area (Å²) in [6, 6.07) is 8.74. The second kappa shape index (κ2) is 8.42. The maximum absolute atomic E-state index is 13.5. The van der Waals surface area contributed by atoms with E-state index in [1.54, 1.807) is 0 Å². The number of carbonyl (C=O) groups excluding carboxylic acids is 2. The van der Waals surface area contributed by atoms with Gasteiger partial charge >= 0.3 is 5.97 Å². The Morgan fingerprint density at radius 2 is 1.58 bits per heavy atom. The SMILES string of the molecule is Cc1cccc(C)c1OCC(=O)OC(C)C(=O)Nc1c(F)cccc1F. The van der Waals surface area contributed by atoms with Crippen molar-refractivity contribution in [2.24, 2.45) is 0 Å². The first-order valence-electron chi connectivity index (χ1n) is 7.93. The van der Waals surface area contributed by atoms with Gasteiger partial charge in [0.15, 0.2) is 12.7 Å². The Bertz CT molecular complexity index is 783. The van der Waals surface area contributed by atoms with Crippen LogP contribution >= 0.6 is 0 Å². The topological polar surface area (TPSA) is 64.6 Å². The molecule has 0 aliphatic rings. The Labute approximate surface area is 149 Å². The second-order valence-corrected chi connectivity index (χ2v) is 5.73. The first kappa shape index (κ1) is 19.4. The van der Waals surface area contributed by atoms with Crippen LogP contribution in [0.15, 0.2) is 36.4 Å². The molecule has 2 aromatic rings. The summed E-state index contributed by atoms with van der Waals surface area (Å²) in [6.45, 7) is 4.59. The van der Waals surface area contributed by atoms with Crippen LogP contribution in [0.3, 0.4) is 0 Å². The van der Waals surface area contributed by atoms with Gasteiger partial charge in [0.1, 0.15) is 23.1 Å². The van der Waals surface area contributed by atoms with Crippen molar-refractivity contribution in [3.8, 4) is 5.75 Å². The number of amides is 1. The van der Waals surface area contributed by atoms with Gasteiger partial charge in [-0.2, -0.15) is 0 Å². The predicted octanol–water partition coefficient (Wildman–Crippen LogP) is 3.53. The number of hydrogen-bond donors (Lipinski definition) is 1. The van der Waals surface area contributed by atoms with E-state index in [1.807, 2.05) is 32.0 Å². The summed E-state index contributed by atoms with van der Waals surface area (Å²) >= 11 is 0. The number of rotatable bonds is 6. The normalized spacial score (nSPS) is 11.6. The molecule has 7 heteroatoms. The molecule has 0 radical (unpaired) electrons. The zero-order chi connectivity index (χ0) is 19.3. The quantitative estimate of drug-likeness (QED) is 0.798. The number of aryl methyl sites for hydroxylation is 2. The molecule has 0 fully saturated rings. The molecule has 138 valence electrons. The van der Waals surface area contributed by atoms with Crippen LogP contribution in [0.25, 0.3) is 0 Å². The van der Waals surface area contributed by atoms with Gasteiger partial charge in [0.05, 0.1) is 0 Å². The molecule has 2 aromatic carbocycles. The van der Waals surface area contributed by atoms with Gasteiger partial charge in [-0.25, -0.2) is 13.6 Å². The van der Waals surface area contributed by atoms with Gasteiger partial charge in [0, 0.05) is 0 Å². The highest BCUT2D eigenvalue weighted by Crippen LogP contribution is 2.22. The van der Waals surface area contributed by atoms with Crippen molar-refractivity contribution in [3.63, 3.8) is 0 Å². The van der Waals surface area contributed by atoms with Crippen LogP contribution in [0.4, 0.5) is 14.5 Å². The number of esters is 1. The third-order valence-corrected chi connectivity index (χ3v) is 3.63. The molecule has 0 saturated heterocycles. The van der Waals surface area contributed by atoms with Crippen LogP contribution in [0.2, 0.25) is 0 Å². The summed E-state index contributed by atoms with van der Waals surface area (Å²) in [5.41, 5.74) is 1.13. The summed E-state index contributed by atoms with van der Waals surface area (Å²) in [5, 5.41) is 2.07. The fourth-order valence-corrected chi connectivity index (χ4v) is 2.28. The van der Waals surface area contributed by atoms with Crippen molar-refractivity contribution in [2.75, 3.05) is 11.9 Å². The second-order valence-electron chi connectivity index (χ2n) is 5.73. The molecule has 1 amide bonds. The molecule has 0 heterocycles. The Balaban J connectivity index is 1.91. The fraction of sp³-hybridized carbons (Fsp3) is 0.263.